The summed E-state index contributed by atoms with van der Waals surface area (Å²) in [5.74, 6) is 1.34. The lowest BCUT2D eigenvalue weighted by Gasteiger charge is -2.08. The number of aromatic nitrogens is 4. The molecule has 0 bridgehead atoms. The first-order valence-electron chi connectivity index (χ1n) is 9.06. The standard InChI is InChI=1S/C22H16N6O/c29-19-10-9-14-5-1-2-6-15(14)18(19)13-25-27-21-17-8-4-3-7-16(17)20(26-28-21)22-23-11-12-24-22/h1-13,29H,(H,23,24)(H,27,28)/b25-13-. The van der Waals surface area contributed by atoms with Crippen LogP contribution in [0.2, 0.25) is 0 Å². The molecular formula is C22H16N6O. The van der Waals surface area contributed by atoms with Crippen molar-refractivity contribution in [2.75, 3.05) is 5.43 Å². The van der Waals surface area contributed by atoms with Gasteiger partial charge in [-0.15, -0.1) is 10.2 Å². The second kappa shape index (κ2) is 7.05. The number of hydrazone groups is 1. The first kappa shape index (κ1) is 16.9. The second-order valence-electron chi connectivity index (χ2n) is 6.47. The Morgan fingerprint density at radius 2 is 1.69 bits per heavy atom. The van der Waals surface area contributed by atoms with Gasteiger partial charge < -0.3 is 10.1 Å². The largest absolute Gasteiger partial charge is 0.507 e. The fourth-order valence-electron chi connectivity index (χ4n) is 3.33. The number of aromatic hydroxyl groups is 1. The summed E-state index contributed by atoms with van der Waals surface area (Å²) in [5, 5.41) is 26.9. The summed E-state index contributed by atoms with van der Waals surface area (Å²) in [6, 6.07) is 19.2. The van der Waals surface area contributed by atoms with E-state index in [4.69, 9.17) is 0 Å². The first-order chi connectivity index (χ1) is 14.3. The number of anilines is 1. The number of nitrogens with one attached hydrogen (secondary N) is 2. The Hall–Kier alpha value is -4.26. The second-order valence-corrected chi connectivity index (χ2v) is 6.47. The van der Waals surface area contributed by atoms with Gasteiger partial charge in [0.15, 0.2) is 11.6 Å². The van der Waals surface area contributed by atoms with Crippen LogP contribution in [0.5, 0.6) is 5.75 Å². The number of phenols is 1. The Bertz CT molecular complexity index is 1340. The molecule has 0 saturated heterocycles. The maximum Gasteiger partial charge on any atom is 0.176 e. The monoisotopic (exact) mass is 380 g/mol. The average molecular weight is 380 g/mol. The topological polar surface area (TPSA) is 99.1 Å². The minimum absolute atomic E-state index is 0.165. The minimum atomic E-state index is 0.165. The number of fused-ring (bicyclic) bond motifs is 2. The fraction of sp³-hybridized carbons (Fsp3) is 0. The van der Waals surface area contributed by atoms with Gasteiger partial charge >= 0.3 is 0 Å². The van der Waals surface area contributed by atoms with Crippen LogP contribution in [0.15, 0.2) is 78.2 Å². The van der Waals surface area contributed by atoms with Crippen LogP contribution < -0.4 is 5.43 Å². The van der Waals surface area contributed by atoms with Crippen molar-refractivity contribution in [1.29, 1.82) is 0 Å². The number of hydrogen-bond acceptors (Lipinski definition) is 6. The highest BCUT2D eigenvalue weighted by molar-refractivity contribution is 6.03. The molecule has 0 spiro atoms. The number of nitrogens with zero attached hydrogens (tertiary/aromatic N) is 4. The predicted molar refractivity (Wildman–Crippen MR) is 114 cm³/mol. The van der Waals surface area contributed by atoms with Gasteiger partial charge in [-0.2, -0.15) is 5.10 Å². The molecular weight excluding hydrogens is 364 g/mol. The van der Waals surface area contributed by atoms with E-state index in [0.717, 1.165) is 21.5 Å². The molecule has 5 aromatic rings. The Kier molecular flexibility index (Phi) is 4.10. The van der Waals surface area contributed by atoms with Gasteiger partial charge in [0.25, 0.3) is 0 Å². The summed E-state index contributed by atoms with van der Waals surface area (Å²) in [6.45, 7) is 0. The molecule has 0 amide bonds. The van der Waals surface area contributed by atoms with E-state index < -0.39 is 0 Å². The van der Waals surface area contributed by atoms with Crippen LogP contribution >= 0.6 is 0 Å². The highest BCUT2D eigenvalue weighted by Crippen LogP contribution is 2.28. The number of phenolic OH excluding ortho intramolecular Hbond substituents is 1. The molecule has 5 rings (SSSR count). The van der Waals surface area contributed by atoms with E-state index in [0.29, 0.717) is 22.9 Å². The lowest BCUT2D eigenvalue weighted by atomic mass is 10.0. The number of H-pyrrole nitrogens is 1. The summed E-state index contributed by atoms with van der Waals surface area (Å²) in [4.78, 5) is 7.33. The zero-order chi connectivity index (χ0) is 19.6. The molecule has 0 radical (unpaired) electrons. The van der Waals surface area contributed by atoms with Gasteiger partial charge in [-0.1, -0.05) is 54.6 Å². The normalized spacial score (nSPS) is 11.4. The van der Waals surface area contributed by atoms with Crippen molar-refractivity contribution in [1.82, 2.24) is 20.2 Å². The van der Waals surface area contributed by atoms with Gasteiger partial charge in [0.2, 0.25) is 0 Å². The highest BCUT2D eigenvalue weighted by atomic mass is 16.3. The zero-order valence-corrected chi connectivity index (χ0v) is 15.2. The van der Waals surface area contributed by atoms with Crippen LogP contribution in [0.25, 0.3) is 33.1 Å². The molecule has 140 valence electrons. The Balaban J connectivity index is 1.53. The maximum absolute atomic E-state index is 10.3. The quantitative estimate of drug-likeness (QED) is 0.318. The van der Waals surface area contributed by atoms with Crippen molar-refractivity contribution in [3.8, 4) is 17.3 Å². The van der Waals surface area contributed by atoms with Crippen LogP contribution in [0.1, 0.15) is 5.56 Å². The molecule has 29 heavy (non-hydrogen) atoms. The van der Waals surface area contributed by atoms with Gasteiger partial charge in [0.05, 0.1) is 6.21 Å². The van der Waals surface area contributed by atoms with E-state index in [9.17, 15) is 5.11 Å². The summed E-state index contributed by atoms with van der Waals surface area (Å²) in [6.07, 6.45) is 5.02. The van der Waals surface area contributed by atoms with E-state index in [-0.39, 0.29) is 5.75 Å². The molecule has 0 aliphatic carbocycles. The SMILES string of the molecule is Oc1ccc2ccccc2c1/C=N\Nc1nnc(-c2ncc[nH]2)c2ccccc12. The van der Waals surface area contributed by atoms with E-state index >= 15 is 0 Å². The highest BCUT2D eigenvalue weighted by Gasteiger charge is 2.12. The Morgan fingerprint density at radius 3 is 2.52 bits per heavy atom. The molecule has 2 aromatic heterocycles. The number of hydrogen-bond donors (Lipinski definition) is 3. The first-order valence-corrected chi connectivity index (χ1v) is 9.06. The maximum atomic E-state index is 10.3. The van der Waals surface area contributed by atoms with Crippen LogP contribution in [-0.2, 0) is 0 Å². The fourth-order valence-corrected chi connectivity index (χ4v) is 3.33. The predicted octanol–water partition coefficient (Wildman–Crippen LogP) is 4.32. The zero-order valence-electron chi connectivity index (χ0n) is 15.2. The molecule has 0 unspecified atom stereocenters. The van der Waals surface area contributed by atoms with Crippen molar-refractivity contribution >= 4 is 33.6 Å². The minimum Gasteiger partial charge on any atom is -0.507 e. The molecule has 3 N–H and O–H groups in total. The van der Waals surface area contributed by atoms with Gasteiger partial charge in [-0.3, -0.25) is 5.43 Å². The third-order valence-corrected chi connectivity index (χ3v) is 4.72. The van der Waals surface area contributed by atoms with Gasteiger partial charge in [-0.25, -0.2) is 4.98 Å². The number of imidazole rings is 1. The van der Waals surface area contributed by atoms with Gasteiger partial charge in [0, 0.05) is 28.7 Å². The Labute approximate surface area is 165 Å². The molecule has 2 heterocycles. The lowest BCUT2D eigenvalue weighted by Crippen LogP contribution is -2.00. The van der Waals surface area contributed by atoms with Crippen molar-refractivity contribution in [2.24, 2.45) is 5.10 Å². The van der Waals surface area contributed by atoms with Crippen molar-refractivity contribution in [3.63, 3.8) is 0 Å². The molecule has 0 saturated carbocycles. The van der Waals surface area contributed by atoms with Crippen molar-refractivity contribution < 1.29 is 5.11 Å². The summed E-state index contributed by atoms with van der Waals surface area (Å²) in [5.41, 5.74) is 4.27. The number of rotatable bonds is 4. The molecule has 0 aliphatic rings. The van der Waals surface area contributed by atoms with E-state index in [1.54, 1.807) is 24.7 Å². The third kappa shape index (κ3) is 3.04. The Morgan fingerprint density at radius 1 is 0.897 bits per heavy atom. The van der Waals surface area contributed by atoms with Crippen molar-refractivity contribution in [2.45, 2.75) is 0 Å². The molecule has 0 aliphatic heterocycles. The molecule has 3 aromatic carbocycles. The van der Waals surface area contributed by atoms with Crippen LogP contribution in [0.4, 0.5) is 5.82 Å². The summed E-state index contributed by atoms with van der Waals surface area (Å²) >= 11 is 0. The summed E-state index contributed by atoms with van der Waals surface area (Å²) in [7, 11) is 0. The van der Waals surface area contributed by atoms with Gasteiger partial charge in [-0.05, 0) is 16.8 Å². The lowest BCUT2D eigenvalue weighted by molar-refractivity contribution is 0.475. The third-order valence-electron chi connectivity index (χ3n) is 4.72. The van der Waals surface area contributed by atoms with Crippen molar-refractivity contribution in [3.05, 3.63) is 78.6 Å². The number of benzene rings is 3. The average Bonchev–Trinajstić information content (AvgIpc) is 3.30. The molecule has 7 nitrogen and oxygen atoms in total. The van der Waals surface area contributed by atoms with E-state index in [2.05, 4.69) is 30.7 Å². The van der Waals surface area contributed by atoms with E-state index in [1.807, 2.05) is 54.6 Å². The molecule has 0 fully saturated rings. The van der Waals surface area contributed by atoms with Crippen LogP contribution in [0, 0.1) is 0 Å². The smallest absolute Gasteiger partial charge is 0.176 e. The summed E-state index contributed by atoms with van der Waals surface area (Å²) < 4.78 is 0. The van der Waals surface area contributed by atoms with Crippen LogP contribution in [0.3, 0.4) is 0 Å². The molecule has 0 atom stereocenters. The van der Waals surface area contributed by atoms with E-state index in [1.165, 1.54) is 0 Å². The number of aromatic amines is 1. The van der Waals surface area contributed by atoms with Crippen LogP contribution in [-0.4, -0.2) is 31.5 Å². The van der Waals surface area contributed by atoms with Gasteiger partial charge in [0.1, 0.15) is 11.4 Å². The molecule has 7 heteroatoms.